The summed E-state index contributed by atoms with van der Waals surface area (Å²) in [6.45, 7) is 6.62. The molecule has 1 aromatic heterocycles. The molecule has 3 aromatic rings. The van der Waals surface area contributed by atoms with Crippen LogP contribution in [0.5, 0.6) is 0 Å². The number of para-hydroxylation sites is 1. The van der Waals surface area contributed by atoms with Crippen LogP contribution < -0.4 is 5.43 Å². The zero-order chi connectivity index (χ0) is 19.2. The summed E-state index contributed by atoms with van der Waals surface area (Å²) in [5, 5.41) is 5.47. The smallest absolute Gasteiger partial charge is 0.248 e. The predicted molar refractivity (Wildman–Crippen MR) is 110 cm³/mol. The molecule has 0 spiro atoms. The molecule has 4 heteroatoms. The number of hydrazone groups is 1. The van der Waals surface area contributed by atoms with Gasteiger partial charge in [0.15, 0.2) is 0 Å². The lowest BCUT2D eigenvalue weighted by Gasteiger charge is -2.23. The summed E-state index contributed by atoms with van der Waals surface area (Å²) in [5.74, 6) is -0.271. The highest BCUT2D eigenvalue weighted by molar-refractivity contribution is 6.07. The van der Waals surface area contributed by atoms with Crippen molar-refractivity contribution in [2.45, 2.75) is 38.5 Å². The molecule has 2 heterocycles. The molecule has 0 saturated carbocycles. The second kappa shape index (κ2) is 6.38. The lowest BCUT2D eigenvalue weighted by molar-refractivity contribution is -0.122. The van der Waals surface area contributed by atoms with E-state index < -0.39 is 0 Å². The van der Waals surface area contributed by atoms with Gasteiger partial charge in [-0.15, -0.1) is 0 Å². The van der Waals surface area contributed by atoms with Crippen molar-refractivity contribution in [2.75, 3.05) is 0 Å². The maximum Gasteiger partial charge on any atom is 0.248 e. The van der Waals surface area contributed by atoms with Crippen molar-refractivity contribution < 1.29 is 4.79 Å². The van der Waals surface area contributed by atoms with E-state index in [1.807, 2.05) is 19.2 Å². The summed E-state index contributed by atoms with van der Waals surface area (Å²) in [6, 6.07) is 16.7. The quantitative estimate of drug-likeness (QED) is 0.720. The van der Waals surface area contributed by atoms with Crippen molar-refractivity contribution in [1.29, 1.82) is 0 Å². The largest absolute Gasteiger partial charge is 0.350 e. The summed E-state index contributed by atoms with van der Waals surface area (Å²) in [6.07, 6.45) is 2.68. The van der Waals surface area contributed by atoms with E-state index in [1.165, 1.54) is 5.56 Å². The normalized spacial score (nSPS) is 17.7. The first kappa shape index (κ1) is 17.5. The van der Waals surface area contributed by atoms with E-state index in [4.69, 9.17) is 0 Å². The van der Waals surface area contributed by atoms with Crippen LogP contribution in [0.4, 0.5) is 0 Å². The molecule has 2 aromatic carbocycles. The standard InChI is InChI=1S/C23H25N3O/c1-23(2,3)16-11-9-15(10-12-16)20-13-18(22(27)25-24-20)19-14-26(4)21-8-6-5-7-17(19)21/h5-12,14,18H,13H2,1-4H3,(H,25,27)/t18-/m1/s1. The van der Waals surface area contributed by atoms with Crippen LogP contribution in [0.25, 0.3) is 10.9 Å². The first-order valence-electron chi connectivity index (χ1n) is 9.36. The van der Waals surface area contributed by atoms with Crippen LogP contribution in [0.3, 0.4) is 0 Å². The fourth-order valence-corrected chi connectivity index (χ4v) is 3.78. The van der Waals surface area contributed by atoms with Crippen LogP contribution in [-0.2, 0) is 17.3 Å². The van der Waals surface area contributed by atoms with Crippen LogP contribution in [0.2, 0.25) is 0 Å². The molecule has 0 bridgehead atoms. The molecule has 0 fully saturated rings. The monoisotopic (exact) mass is 359 g/mol. The molecule has 4 nitrogen and oxygen atoms in total. The number of hydrogen-bond acceptors (Lipinski definition) is 2. The van der Waals surface area contributed by atoms with Crippen LogP contribution in [-0.4, -0.2) is 16.2 Å². The average molecular weight is 359 g/mol. The van der Waals surface area contributed by atoms with Gasteiger partial charge in [-0.3, -0.25) is 4.79 Å². The summed E-state index contributed by atoms with van der Waals surface area (Å²) in [4.78, 5) is 12.6. The zero-order valence-electron chi connectivity index (χ0n) is 16.3. The van der Waals surface area contributed by atoms with Crippen LogP contribution in [0, 0.1) is 0 Å². The minimum atomic E-state index is -0.231. The fourth-order valence-electron chi connectivity index (χ4n) is 3.78. The van der Waals surface area contributed by atoms with Gasteiger partial charge in [0.2, 0.25) is 5.91 Å². The molecule has 1 amide bonds. The molecule has 1 atom stereocenters. The highest BCUT2D eigenvalue weighted by Gasteiger charge is 2.29. The maximum atomic E-state index is 12.6. The molecular weight excluding hydrogens is 334 g/mol. The van der Waals surface area contributed by atoms with Gasteiger partial charge in [0, 0.05) is 30.6 Å². The molecule has 4 rings (SSSR count). The van der Waals surface area contributed by atoms with Gasteiger partial charge in [-0.2, -0.15) is 5.10 Å². The Morgan fingerprint density at radius 3 is 2.48 bits per heavy atom. The third kappa shape index (κ3) is 3.16. The molecule has 27 heavy (non-hydrogen) atoms. The molecule has 138 valence electrons. The summed E-state index contributed by atoms with van der Waals surface area (Å²) < 4.78 is 2.08. The van der Waals surface area contributed by atoms with Crippen LogP contribution >= 0.6 is 0 Å². The number of carbonyl (C=O) groups is 1. The average Bonchev–Trinajstić information content (AvgIpc) is 2.99. The van der Waals surface area contributed by atoms with E-state index in [1.54, 1.807) is 0 Å². The fraction of sp³-hybridized carbons (Fsp3) is 0.304. The van der Waals surface area contributed by atoms with E-state index in [9.17, 15) is 4.79 Å². The summed E-state index contributed by atoms with van der Waals surface area (Å²) >= 11 is 0. The van der Waals surface area contributed by atoms with Crippen molar-refractivity contribution >= 4 is 22.5 Å². The Balaban J connectivity index is 1.68. The number of rotatable bonds is 2. The highest BCUT2D eigenvalue weighted by Crippen LogP contribution is 2.32. The second-order valence-electron chi connectivity index (χ2n) is 8.33. The van der Waals surface area contributed by atoms with Gasteiger partial charge in [0.1, 0.15) is 0 Å². The first-order chi connectivity index (χ1) is 12.8. The van der Waals surface area contributed by atoms with Crippen molar-refractivity contribution in [2.24, 2.45) is 12.1 Å². The minimum absolute atomic E-state index is 0.0404. The van der Waals surface area contributed by atoms with Crippen molar-refractivity contribution in [1.82, 2.24) is 9.99 Å². The molecule has 1 aliphatic heterocycles. The molecule has 1 N–H and O–H groups in total. The second-order valence-corrected chi connectivity index (χ2v) is 8.33. The van der Waals surface area contributed by atoms with Gasteiger partial charge in [0.05, 0.1) is 11.6 Å². The van der Waals surface area contributed by atoms with Gasteiger partial charge in [-0.25, -0.2) is 5.43 Å². The van der Waals surface area contributed by atoms with Gasteiger partial charge >= 0.3 is 0 Å². The number of nitrogens with one attached hydrogen (secondary N) is 1. The topological polar surface area (TPSA) is 46.4 Å². The molecule has 1 aliphatic rings. The highest BCUT2D eigenvalue weighted by atomic mass is 16.2. The number of hydrogen-bond donors (Lipinski definition) is 1. The van der Waals surface area contributed by atoms with E-state index in [0.29, 0.717) is 6.42 Å². The number of aryl methyl sites for hydroxylation is 1. The van der Waals surface area contributed by atoms with Gasteiger partial charge in [-0.1, -0.05) is 63.2 Å². The summed E-state index contributed by atoms with van der Waals surface area (Å²) in [5.41, 5.74) is 8.33. The SMILES string of the molecule is Cn1cc([C@H]2CC(c3ccc(C(C)(C)C)cc3)=NNC2=O)c2ccccc21. The van der Waals surface area contributed by atoms with E-state index >= 15 is 0 Å². The lowest BCUT2D eigenvalue weighted by Crippen LogP contribution is -2.33. The number of fused-ring (bicyclic) bond motifs is 1. The Bertz CT molecular complexity index is 1040. The molecular formula is C23H25N3O. The third-order valence-electron chi connectivity index (χ3n) is 5.40. The summed E-state index contributed by atoms with van der Waals surface area (Å²) in [7, 11) is 2.02. The number of amides is 1. The van der Waals surface area contributed by atoms with Gasteiger partial charge in [-0.05, 0) is 28.2 Å². The number of aromatic nitrogens is 1. The van der Waals surface area contributed by atoms with E-state index in [-0.39, 0.29) is 17.2 Å². The molecule has 0 saturated heterocycles. The molecule has 0 unspecified atom stereocenters. The van der Waals surface area contributed by atoms with Crippen LogP contribution in [0.1, 0.15) is 49.8 Å². The lowest BCUT2D eigenvalue weighted by atomic mass is 9.85. The molecule has 0 radical (unpaired) electrons. The minimum Gasteiger partial charge on any atom is -0.350 e. The maximum absolute atomic E-state index is 12.6. The number of nitrogens with zero attached hydrogens (tertiary/aromatic N) is 2. The van der Waals surface area contributed by atoms with E-state index in [2.05, 4.69) is 78.5 Å². The van der Waals surface area contributed by atoms with Gasteiger partial charge in [0.25, 0.3) is 0 Å². The third-order valence-corrected chi connectivity index (χ3v) is 5.40. The first-order valence-corrected chi connectivity index (χ1v) is 9.36. The van der Waals surface area contributed by atoms with Crippen molar-refractivity contribution in [3.8, 4) is 0 Å². The Morgan fingerprint density at radius 2 is 1.78 bits per heavy atom. The van der Waals surface area contributed by atoms with Crippen molar-refractivity contribution in [3.05, 3.63) is 71.4 Å². The Hall–Kier alpha value is -2.88. The van der Waals surface area contributed by atoms with Crippen LogP contribution in [0.15, 0.2) is 59.8 Å². The van der Waals surface area contributed by atoms with E-state index in [0.717, 1.165) is 27.7 Å². The Morgan fingerprint density at radius 1 is 1.07 bits per heavy atom. The Labute approximate surface area is 159 Å². The van der Waals surface area contributed by atoms with Crippen molar-refractivity contribution in [3.63, 3.8) is 0 Å². The Kier molecular flexibility index (Phi) is 4.14. The molecule has 0 aliphatic carbocycles. The zero-order valence-corrected chi connectivity index (χ0v) is 16.3. The predicted octanol–water partition coefficient (Wildman–Crippen LogP) is 4.48. The van der Waals surface area contributed by atoms with Gasteiger partial charge < -0.3 is 4.57 Å². The number of carbonyl (C=O) groups excluding carboxylic acids is 1. The number of benzene rings is 2.